The first kappa shape index (κ1) is 5.48. The molecule has 0 amide bonds. The molecule has 0 aromatic carbocycles. The Morgan fingerprint density at radius 2 is 2.50 bits per heavy atom. The van der Waals surface area contributed by atoms with E-state index in [-0.39, 0.29) is 0 Å². The van der Waals surface area contributed by atoms with Gasteiger partial charge in [0.15, 0.2) is 0 Å². The highest BCUT2D eigenvalue weighted by Gasteiger charge is 2.00. The van der Waals surface area contributed by atoms with Crippen molar-refractivity contribution in [2.75, 3.05) is 6.54 Å². The molecule has 0 unspecified atom stereocenters. The Balaban J connectivity index is 2.63. The van der Waals surface area contributed by atoms with Crippen molar-refractivity contribution in [1.82, 2.24) is 0 Å². The van der Waals surface area contributed by atoms with Gasteiger partial charge < -0.3 is 0 Å². The van der Waals surface area contributed by atoms with E-state index in [1.165, 1.54) is 0 Å². The molecule has 0 spiro atoms. The van der Waals surface area contributed by atoms with Crippen molar-refractivity contribution in [2.24, 2.45) is 9.98 Å². The van der Waals surface area contributed by atoms with Crippen molar-refractivity contribution in [2.45, 2.75) is 19.9 Å². The van der Waals surface area contributed by atoms with Crippen molar-refractivity contribution in [1.29, 1.82) is 0 Å². The maximum Gasteiger partial charge on any atom is 0.0670 e. The lowest BCUT2D eigenvalue weighted by Gasteiger charge is -2.06. The molecular weight excluding hydrogens is 100 g/mol. The van der Waals surface area contributed by atoms with Crippen LogP contribution < -0.4 is 0 Å². The highest BCUT2D eigenvalue weighted by atomic mass is 14.9. The van der Waals surface area contributed by atoms with E-state index in [2.05, 4.69) is 16.9 Å². The summed E-state index contributed by atoms with van der Waals surface area (Å²) >= 11 is 0. The molecule has 1 heterocycles. The molecule has 1 rings (SSSR count). The highest BCUT2D eigenvalue weighted by Crippen LogP contribution is 1.95. The molecule has 0 saturated heterocycles. The standard InChI is InChI=1S/C6H10N2/c1-5-3-7-4-6(2)8-5/h3,6H,4H2,1-2H3/t6-/m0/s1. The van der Waals surface area contributed by atoms with Gasteiger partial charge in [-0.3, -0.25) is 9.98 Å². The molecular formula is C6H10N2. The predicted molar refractivity (Wildman–Crippen MR) is 35.9 cm³/mol. The third-order valence-electron chi connectivity index (χ3n) is 1.07. The topological polar surface area (TPSA) is 24.7 Å². The van der Waals surface area contributed by atoms with Crippen molar-refractivity contribution in [3.63, 3.8) is 0 Å². The molecule has 0 radical (unpaired) electrons. The van der Waals surface area contributed by atoms with Crippen LogP contribution in [0.3, 0.4) is 0 Å². The van der Waals surface area contributed by atoms with E-state index in [9.17, 15) is 0 Å². The molecule has 0 aromatic rings. The van der Waals surface area contributed by atoms with E-state index in [1.807, 2.05) is 13.1 Å². The Morgan fingerprint density at radius 1 is 1.75 bits per heavy atom. The van der Waals surface area contributed by atoms with E-state index >= 15 is 0 Å². The smallest absolute Gasteiger partial charge is 0.0670 e. The third-order valence-corrected chi connectivity index (χ3v) is 1.07. The third kappa shape index (κ3) is 1.15. The number of nitrogens with zero attached hydrogens (tertiary/aromatic N) is 2. The monoisotopic (exact) mass is 110 g/mol. The summed E-state index contributed by atoms with van der Waals surface area (Å²) in [5.41, 5.74) is 1.05. The molecule has 0 aromatic heterocycles. The van der Waals surface area contributed by atoms with Crippen molar-refractivity contribution in [3.05, 3.63) is 0 Å². The average Bonchev–Trinajstić information content (AvgIpc) is 1.64. The van der Waals surface area contributed by atoms with Crippen LogP contribution in [0.1, 0.15) is 13.8 Å². The minimum atomic E-state index is 0.403. The summed E-state index contributed by atoms with van der Waals surface area (Å²) in [6, 6.07) is 0.403. The summed E-state index contributed by atoms with van der Waals surface area (Å²) < 4.78 is 0. The van der Waals surface area contributed by atoms with Crippen molar-refractivity contribution >= 4 is 11.9 Å². The summed E-state index contributed by atoms with van der Waals surface area (Å²) in [4.78, 5) is 8.33. The van der Waals surface area contributed by atoms with Gasteiger partial charge in [-0.15, -0.1) is 0 Å². The largest absolute Gasteiger partial charge is 0.289 e. The van der Waals surface area contributed by atoms with E-state index in [0.717, 1.165) is 12.3 Å². The van der Waals surface area contributed by atoms with E-state index in [4.69, 9.17) is 0 Å². The molecule has 1 atom stereocenters. The van der Waals surface area contributed by atoms with Gasteiger partial charge in [-0.2, -0.15) is 0 Å². The first-order chi connectivity index (χ1) is 3.79. The lowest BCUT2D eigenvalue weighted by molar-refractivity contribution is 0.751. The average molecular weight is 110 g/mol. The number of rotatable bonds is 0. The summed E-state index contributed by atoms with van der Waals surface area (Å²) in [6.07, 6.45) is 1.82. The molecule has 2 heteroatoms. The van der Waals surface area contributed by atoms with Gasteiger partial charge in [-0.05, 0) is 13.8 Å². The van der Waals surface area contributed by atoms with Gasteiger partial charge in [0.2, 0.25) is 0 Å². The van der Waals surface area contributed by atoms with Crippen molar-refractivity contribution < 1.29 is 0 Å². The van der Waals surface area contributed by atoms with E-state index < -0.39 is 0 Å². The number of hydrogen-bond donors (Lipinski definition) is 0. The second-order valence-electron chi connectivity index (χ2n) is 2.11. The van der Waals surface area contributed by atoms with Gasteiger partial charge in [0.25, 0.3) is 0 Å². The van der Waals surface area contributed by atoms with Gasteiger partial charge in [-0.25, -0.2) is 0 Å². The first-order valence-electron chi connectivity index (χ1n) is 2.83. The maximum absolute atomic E-state index is 4.25. The second kappa shape index (κ2) is 2.07. The molecule has 0 saturated carbocycles. The molecule has 0 aliphatic carbocycles. The molecule has 0 N–H and O–H groups in total. The van der Waals surface area contributed by atoms with Crippen LogP contribution in [0.25, 0.3) is 0 Å². The zero-order chi connectivity index (χ0) is 5.98. The van der Waals surface area contributed by atoms with E-state index in [0.29, 0.717) is 6.04 Å². The van der Waals surface area contributed by atoms with Crippen LogP contribution in [0, 0.1) is 0 Å². The maximum atomic E-state index is 4.25. The van der Waals surface area contributed by atoms with Crippen LogP contribution in [-0.2, 0) is 0 Å². The van der Waals surface area contributed by atoms with Crippen LogP contribution in [0.5, 0.6) is 0 Å². The Kier molecular flexibility index (Phi) is 1.42. The molecule has 1 aliphatic rings. The van der Waals surface area contributed by atoms with E-state index in [1.54, 1.807) is 0 Å². The lowest BCUT2D eigenvalue weighted by atomic mass is 10.3. The molecule has 0 bridgehead atoms. The zero-order valence-corrected chi connectivity index (χ0v) is 5.26. The van der Waals surface area contributed by atoms with Gasteiger partial charge >= 0.3 is 0 Å². The minimum absolute atomic E-state index is 0.403. The van der Waals surface area contributed by atoms with Gasteiger partial charge in [-0.1, -0.05) is 0 Å². The SMILES string of the molecule is CC1=N[C@@H](C)CN=C1. The normalized spacial score (nSPS) is 27.8. The molecule has 44 valence electrons. The quantitative estimate of drug-likeness (QED) is 0.443. The Bertz CT molecular complexity index is 135. The Morgan fingerprint density at radius 3 is 2.88 bits per heavy atom. The molecule has 2 nitrogen and oxygen atoms in total. The second-order valence-corrected chi connectivity index (χ2v) is 2.11. The van der Waals surface area contributed by atoms with Gasteiger partial charge in [0.05, 0.1) is 12.6 Å². The van der Waals surface area contributed by atoms with Crippen LogP contribution in [-0.4, -0.2) is 24.5 Å². The molecule has 1 aliphatic heterocycles. The van der Waals surface area contributed by atoms with Gasteiger partial charge in [0.1, 0.15) is 0 Å². The predicted octanol–water partition coefficient (Wildman–Crippen LogP) is 0.920. The van der Waals surface area contributed by atoms with Crippen LogP contribution in [0.2, 0.25) is 0 Å². The Labute approximate surface area is 49.3 Å². The van der Waals surface area contributed by atoms with Crippen LogP contribution in [0.4, 0.5) is 0 Å². The summed E-state index contributed by atoms with van der Waals surface area (Å²) in [6.45, 7) is 4.90. The van der Waals surface area contributed by atoms with Crippen molar-refractivity contribution in [3.8, 4) is 0 Å². The summed E-state index contributed by atoms with van der Waals surface area (Å²) in [7, 11) is 0. The first-order valence-corrected chi connectivity index (χ1v) is 2.83. The summed E-state index contributed by atoms with van der Waals surface area (Å²) in [5.74, 6) is 0. The fourth-order valence-electron chi connectivity index (χ4n) is 0.759. The molecule has 8 heavy (non-hydrogen) atoms. The summed E-state index contributed by atoms with van der Waals surface area (Å²) in [5, 5.41) is 0. The highest BCUT2D eigenvalue weighted by molar-refractivity contribution is 6.29. The fraction of sp³-hybridized carbons (Fsp3) is 0.667. The zero-order valence-electron chi connectivity index (χ0n) is 5.26. The Hall–Kier alpha value is -0.660. The number of aliphatic imine (C=N–C) groups is 2. The molecule has 0 fully saturated rings. The van der Waals surface area contributed by atoms with Crippen LogP contribution in [0.15, 0.2) is 9.98 Å². The number of hydrogen-bond acceptors (Lipinski definition) is 2. The minimum Gasteiger partial charge on any atom is -0.289 e. The lowest BCUT2D eigenvalue weighted by Crippen LogP contribution is -2.12. The van der Waals surface area contributed by atoms with Gasteiger partial charge in [0, 0.05) is 11.9 Å². The fourth-order valence-corrected chi connectivity index (χ4v) is 0.759. The van der Waals surface area contributed by atoms with Crippen LogP contribution >= 0.6 is 0 Å².